The Labute approximate surface area is 134 Å². The minimum atomic E-state index is -3.62. The van der Waals surface area contributed by atoms with Crippen LogP contribution >= 0.6 is 15.9 Å². The number of aryl methyl sites for hydroxylation is 1. The Morgan fingerprint density at radius 1 is 1.48 bits per heavy atom. The summed E-state index contributed by atoms with van der Waals surface area (Å²) in [6, 6.07) is 3.51. The van der Waals surface area contributed by atoms with Gasteiger partial charge in [0.1, 0.15) is 0 Å². The highest BCUT2D eigenvalue weighted by molar-refractivity contribution is 9.10. The first-order valence-corrected chi connectivity index (χ1v) is 9.06. The number of nitrogens with zero attached hydrogens (tertiary/aromatic N) is 1. The number of benzene rings is 1. The van der Waals surface area contributed by atoms with Crippen LogP contribution in [0.5, 0.6) is 0 Å². The first-order valence-electron chi connectivity index (χ1n) is 6.82. The molecule has 1 aromatic carbocycles. The van der Waals surface area contributed by atoms with E-state index in [-0.39, 0.29) is 11.4 Å². The van der Waals surface area contributed by atoms with Crippen LogP contribution in [0, 0.1) is 25.2 Å². The quantitative estimate of drug-likeness (QED) is 0.781. The lowest BCUT2D eigenvalue weighted by molar-refractivity contribution is 0.429. The molecule has 0 spiro atoms. The topological polar surface area (TPSA) is 63.4 Å². The largest absolute Gasteiger partial charge is 0.326 e. The molecule has 0 aromatic heterocycles. The number of rotatable bonds is 6. The van der Waals surface area contributed by atoms with E-state index in [0.717, 1.165) is 24.0 Å². The Hall–Kier alpha value is -0.870. The Bertz CT molecular complexity index is 676. The van der Waals surface area contributed by atoms with E-state index in [1.54, 1.807) is 6.07 Å². The monoisotopic (exact) mass is 370 g/mol. The average Bonchev–Trinajstić information content (AvgIpc) is 3.25. The lowest BCUT2D eigenvalue weighted by atomic mass is 10.1. The van der Waals surface area contributed by atoms with Gasteiger partial charge in [0, 0.05) is 17.6 Å². The second-order valence-corrected chi connectivity index (χ2v) is 8.07. The fourth-order valence-electron chi connectivity index (χ4n) is 2.19. The number of sulfonamides is 1. The van der Waals surface area contributed by atoms with Crippen LogP contribution in [0.3, 0.4) is 0 Å². The normalized spacial score (nSPS) is 15.2. The van der Waals surface area contributed by atoms with E-state index in [9.17, 15) is 8.42 Å². The van der Waals surface area contributed by atoms with E-state index < -0.39 is 10.0 Å². The van der Waals surface area contributed by atoms with Crippen LogP contribution in [0.25, 0.3) is 0 Å². The summed E-state index contributed by atoms with van der Waals surface area (Å²) in [5.41, 5.74) is 7.29. The predicted molar refractivity (Wildman–Crippen MR) is 87.1 cm³/mol. The van der Waals surface area contributed by atoms with Crippen LogP contribution in [0.2, 0.25) is 0 Å². The maximum atomic E-state index is 12.9. The molecule has 4 nitrogen and oxygen atoms in total. The number of nitrogens with two attached hydrogens (primary N) is 1. The highest BCUT2D eigenvalue weighted by Gasteiger charge is 2.32. The van der Waals surface area contributed by atoms with Gasteiger partial charge in [-0.15, -0.1) is 6.42 Å². The van der Waals surface area contributed by atoms with Gasteiger partial charge in [-0.25, -0.2) is 8.42 Å². The van der Waals surface area contributed by atoms with Crippen LogP contribution in [0.1, 0.15) is 24.0 Å². The molecule has 0 bridgehead atoms. The fourth-order valence-corrected chi connectivity index (χ4v) is 4.65. The molecule has 0 unspecified atom stereocenters. The van der Waals surface area contributed by atoms with Gasteiger partial charge in [0.25, 0.3) is 0 Å². The molecule has 0 saturated heterocycles. The van der Waals surface area contributed by atoms with Crippen LogP contribution < -0.4 is 5.73 Å². The average molecular weight is 371 g/mol. The van der Waals surface area contributed by atoms with Gasteiger partial charge in [-0.05, 0) is 58.8 Å². The van der Waals surface area contributed by atoms with Crippen LogP contribution in [-0.2, 0) is 16.6 Å². The van der Waals surface area contributed by atoms with Gasteiger partial charge in [-0.2, -0.15) is 4.31 Å². The Kier molecular flexibility index (Phi) is 5.10. The molecule has 0 heterocycles. The van der Waals surface area contributed by atoms with Crippen LogP contribution in [0.4, 0.5) is 0 Å². The SMILES string of the molecule is C#CCN(CC1CC1)S(=O)(=O)c1cc(CN)cc(C)c1Br. The molecule has 0 amide bonds. The van der Waals surface area contributed by atoms with E-state index in [0.29, 0.717) is 23.5 Å². The summed E-state index contributed by atoms with van der Waals surface area (Å²) in [4.78, 5) is 0.249. The van der Waals surface area contributed by atoms with Gasteiger partial charge in [-0.3, -0.25) is 0 Å². The summed E-state index contributed by atoms with van der Waals surface area (Å²) < 4.78 is 27.7. The standard InChI is InChI=1S/C15H19BrN2O2S/c1-3-6-18(10-12-4-5-12)21(19,20)14-8-13(9-17)7-11(2)15(14)16/h1,7-8,12H,4-6,9-10,17H2,2H3. The summed E-state index contributed by atoms with van der Waals surface area (Å²) in [7, 11) is -3.62. The molecule has 0 radical (unpaired) electrons. The molecule has 114 valence electrons. The van der Waals surface area contributed by atoms with Crippen molar-refractivity contribution in [1.29, 1.82) is 0 Å². The third-order valence-corrected chi connectivity index (χ3v) is 6.71. The van der Waals surface area contributed by atoms with Crippen LogP contribution in [-0.4, -0.2) is 25.8 Å². The molecular formula is C15H19BrN2O2S. The molecule has 0 aliphatic heterocycles. The van der Waals surface area contributed by atoms with E-state index in [1.807, 2.05) is 13.0 Å². The van der Waals surface area contributed by atoms with Crippen molar-refractivity contribution in [1.82, 2.24) is 4.31 Å². The molecule has 2 rings (SSSR count). The molecule has 1 aromatic rings. The summed E-state index contributed by atoms with van der Waals surface area (Å²) in [6.45, 7) is 2.74. The van der Waals surface area contributed by atoms with Crippen molar-refractivity contribution < 1.29 is 8.42 Å². The molecule has 1 aliphatic carbocycles. The zero-order chi connectivity index (χ0) is 15.6. The molecule has 1 aliphatic rings. The summed E-state index contributed by atoms with van der Waals surface area (Å²) >= 11 is 3.38. The first kappa shape index (κ1) is 16.5. The summed E-state index contributed by atoms with van der Waals surface area (Å²) in [6.07, 6.45) is 7.47. The van der Waals surface area contributed by atoms with E-state index in [2.05, 4.69) is 21.9 Å². The maximum absolute atomic E-state index is 12.9. The summed E-state index contributed by atoms with van der Waals surface area (Å²) in [5, 5.41) is 0. The molecule has 1 fully saturated rings. The minimum absolute atomic E-state index is 0.0944. The second-order valence-electron chi connectivity index (χ2n) is 5.37. The molecule has 1 saturated carbocycles. The van der Waals surface area contributed by atoms with Gasteiger partial charge in [0.2, 0.25) is 10.0 Å². The Balaban J connectivity index is 2.45. The number of hydrogen-bond donors (Lipinski definition) is 1. The van der Waals surface area contributed by atoms with Gasteiger partial charge in [0.15, 0.2) is 0 Å². The maximum Gasteiger partial charge on any atom is 0.245 e. The smallest absolute Gasteiger partial charge is 0.245 e. The summed E-state index contributed by atoms with van der Waals surface area (Å²) in [5.74, 6) is 2.88. The van der Waals surface area contributed by atoms with Crippen molar-refractivity contribution >= 4 is 26.0 Å². The van der Waals surface area contributed by atoms with E-state index in [1.165, 1.54) is 4.31 Å². The lowest BCUT2D eigenvalue weighted by Crippen LogP contribution is -2.33. The van der Waals surface area contributed by atoms with Crippen molar-refractivity contribution in [2.24, 2.45) is 11.7 Å². The first-order chi connectivity index (χ1) is 9.90. The van der Waals surface area contributed by atoms with Crippen LogP contribution in [0.15, 0.2) is 21.5 Å². The zero-order valence-corrected chi connectivity index (χ0v) is 14.4. The number of hydrogen-bond acceptors (Lipinski definition) is 3. The predicted octanol–water partition coefficient (Wildman–Crippen LogP) is 2.25. The highest BCUT2D eigenvalue weighted by atomic mass is 79.9. The Morgan fingerprint density at radius 3 is 2.67 bits per heavy atom. The highest BCUT2D eigenvalue weighted by Crippen LogP contribution is 2.34. The van der Waals surface area contributed by atoms with Crippen molar-refractivity contribution in [3.63, 3.8) is 0 Å². The van der Waals surface area contributed by atoms with Gasteiger partial charge >= 0.3 is 0 Å². The Morgan fingerprint density at radius 2 is 2.14 bits per heavy atom. The van der Waals surface area contributed by atoms with E-state index >= 15 is 0 Å². The van der Waals surface area contributed by atoms with Crippen molar-refractivity contribution in [2.45, 2.75) is 31.2 Å². The fraction of sp³-hybridized carbons (Fsp3) is 0.467. The molecule has 2 N–H and O–H groups in total. The van der Waals surface area contributed by atoms with Gasteiger partial charge in [0.05, 0.1) is 11.4 Å². The molecule has 21 heavy (non-hydrogen) atoms. The van der Waals surface area contributed by atoms with Crippen molar-refractivity contribution in [3.8, 4) is 12.3 Å². The minimum Gasteiger partial charge on any atom is -0.326 e. The van der Waals surface area contributed by atoms with Crippen molar-refractivity contribution in [3.05, 3.63) is 27.7 Å². The van der Waals surface area contributed by atoms with E-state index in [4.69, 9.17) is 12.2 Å². The van der Waals surface area contributed by atoms with Crippen molar-refractivity contribution in [2.75, 3.05) is 13.1 Å². The second kappa shape index (κ2) is 6.49. The molecule has 0 atom stereocenters. The van der Waals surface area contributed by atoms with Gasteiger partial charge < -0.3 is 5.73 Å². The molecular weight excluding hydrogens is 352 g/mol. The zero-order valence-electron chi connectivity index (χ0n) is 12.0. The van der Waals surface area contributed by atoms with Gasteiger partial charge in [-0.1, -0.05) is 12.0 Å². The molecule has 6 heteroatoms. The number of terminal acetylenes is 1. The lowest BCUT2D eigenvalue weighted by Gasteiger charge is -2.21. The third-order valence-electron chi connectivity index (χ3n) is 3.56. The number of halogens is 1. The third kappa shape index (κ3) is 3.67.